The number of hydrogen-bond acceptors (Lipinski definition) is 0. The van der Waals surface area contributed by atoms with Crippen molar-refractivity contribution in [3.8, 4) is 0 Å². The van der Waals surface area contributed by atoms with Crippen molar-refractivity contribution in [1.29, 1.82) is 0 Å². The van der Waals surface area contributed by atoms with Gasteiger partial charge in [-0.2, -0.15) is 0 Å². The highest BCUT2D eigenvalue weighted by molar-refractivity contribution is 6.43. The van der Waals surface area contributed by atoms with Crippen LogP contribution in [-0.4, -0.2) is 0 Å². The van der Waals surface area contributed by atoms with E-state index in [9.17, 15) is 30.7 Å². The molecule has 0 heterocycles. The molecular formula is C48H48Cl5F7. The Kier molecular flexibility index (Phi) is 22.9. The Bertz CT molecular complexity index is 2030. The van der Waals surface area contributed by atoms with Gasteiger partial charge in [0.2, 0.25) is 0 Å². The van der Waals surface area contributed by atoms with E-state index in [1.54, 1.807) is 65.0 Å². The monoisotopic (exact) mass is 932 g/mol. The number of aryl methyl sites for hydroxylation is 10. The zero-order chi connectivity index (χ0) is 46.3. The molecule has 0 fully saturated rings. The number of benzene rings is 6. The van der Waals surface area contributed by atoms with Crippen molar-refractivity contribution < 1.29 is 30.7 Å². The Morgan fingerprint density at radius 3 is 0.817 bits per heavy atom. The first-order valence-electron chi connectivity index (χ1n) is 18.2. The largest absolute Gasteiger partial charge is 0.207 e. The minimum absolute atomic E-state index is 0.116. The Labute approximate surface area is 375 Å². The van der Waals surface area contributed by atoms with Crippen LogP contribution in [0, 0.1) is 124 Å². The number of halogens is 12. The van der Waals surface area contributed by atoms with Crippen LogP contribution in [0.25, 0.3) is 0 Å². The quantitative estimate of drug-likeness (QED) is 0.105. The molecule has 324 valence electrons. The summed E-state index contributed by atoms with van der Waals surface area (Å²) in [6.45, 7) is 20.5. The van der Waals surface area contributed by atoms with Crippen LogP contribution >= 0.6 is 58.0 Å². The van der Waals surface area contributed by atoms with E-state index in [1.165, 1.54) is 11.6 Å². The average molecular weight is 935 g/mol. The summed E-state index contributed by atoms with van der Waals surface area (Å²) in [6, 6.07) is 22.2. The molecule has 60 heavy (non-hydrogen) atoms. The SMILES string of the molecule is Cc1c(F)c(F)c(C)c(F)c1F.Cc1ccc(C)c(Cl)c1.Cc1ccc(C)c(Cl)c1Cl.Cc1ccc(C)c(Cl)c1F.Cc1ccc(C)c(Cl)c1F.Cc1ccc(C)c(F)c1. The predicted octanol–water partition coefficient (Wildman–Crippen LogP) is 18.1. The smallest absolute Gasteiger partial charge is 0.165 e. The highest BCUT2D eigenvalue weighted by Crippen LogP contribution is 2.28. The van der Waals surface area contributed by atoms with E-state index in [0.717, 1.165) is 52.3 Å². The van der Waals surface area contributed by atoms with E-state index in [2.05, 4.69) is 6.07 Å². The molecule has 6 rings (SSSR count). The first-order valence-corrected chi connectivity index (χ1v) is 20.1. The molecule has 0 unspecified atom stereocenters. The van der Waals surface area contributed by atoms with E-state index < -0.39 is 34.4 Å². The van der Waals surface area contributed by atoms with Crippen LogP contribution in [0.5, 0.6) is 0 Å². The maximum Gasteiger partial charge on any atom is 0.165 e. The van der Waals surface area contributed by atoms with Gasteiger partial charge in [-0.05, 0) is 151 Å². The molecule has 6 aromatic rings. The van der Waals surface area contributed by atoms with Gasteiger partial charge in [0, 0.05) is 16.1 Å². The summed E-state index contributed by atoms with van der Waals surface area (Å²) in [5.74, 6) is -6.03. The zero-order valence-electron chi connectivity index (χ0n) is 35.5. The van der Waals surface area contributed by atoms with Gasteiger partial charge in [-0.3, -0.25) is 0 Å². The molecule has 0 aliphatic heterocycles. The van der Waals surface area contributed by atoms with Crippen molar-refractivity contribution in [2.75, 3.05) is 0 Å². The highest BCUT2D eigenvalue weighted by atomic mass is 35.5. The lowest BCUT2D eigenvalue weighted by Crippen LogP contribution is -2.02. The summed E-state index contributed by atoms with van der Waals surface area (Å²) in [5, 5.41) is 2.67. The molecule has 0 saturated carbocycles. The van der Waals surface area contributed by atoms with Gasteiger partial charge in [0.1, 0.15) is 17.5 Å². The molecule has 0 aliphatic carbocycles. The van der Waals surface area contributed by atoms with E-state index in [1.807, 2.05) is 65.0 Å². The summed E-state index contributed by atoms with van der Waals surface area (Å²) in [4.78, 5) is 0. The molecule has 0 amide bonds. The maximum atomic E-state index is 12.9. The first kappa shape index (κ1) is 54.3. The van der Waals surface area contributed by atoms with Crippen molar-refractivity contribution in [3.63, 3.8) is 0 Å². The molecule has 0 saturated heterocycles. The Hall–Kier alpha value is -3.72. The fourth-order valence-corrected chi connectivity index (χ4v) is 5.56. The van der Waals surface area contributed by atoms with Gasteiger partial charge in [-0.1, -0.05) is 119 Å². The normalized spacial score (nSPS) is 10.0. The van der Waals surface area contributed by atoms with E-state index in [-0.39, 0.29) is 27.5 Å². The van der Waals surface area contributed by atoms with Gasteiger partial charge in [0.25, 0.3) is 0 Å². The van der Waals surface area contributed by atoms with Gasteiger partial charge < -0.3 is 0 Å². The van der Waals surface area contributed by atoms with Crippen LogP contribution < -0.4 is 0 Å². The minimum atomic E-state index is -1.33. The van der Waals surface area contributed by atoms with Crippen LogP contribution in [0.15, 0.2) is 72.8 Å². The molecule has 0 spiro atoms. The van der Waals surface area contributed by atoms with Crippen LogP contribution in [0.3, 0.4) is 0 Å². The molecule has 6 aromatic carbocycles. The van der Waals surface area contributed by atoms with E-state index >= 15 is 0 Å². The standard InChI is InChI=1S/C8H8Cl2.2C8H8ClF.C8H9Cl.C8H6F4.C8H9F/c3*1-5-3-4-6(2)8(10)7(5)9;1-6-3-4-7(2)8(9)5-6;1-3-5(9)7(11)4(2)8(12)6(3)10;1-6-3-4-7(2)8(9)5-6/h3*3-4H,1-2H3;3-5H,1-2H3;1-2H3;3-5H,1-2H3. The molecule has 0 radical (unpaired) electrons. The van der Waals surface area contributed by atoms with Gasteiger partial charge in [0.05, 0.1) is 20.1 Å². The Morgan fingerprint density at radius 1 is 0.283 bits per heavy atom. The fraction of sp³-hybridized carbons (Fsp3) is 0.250. The number of hydrogen-bond donors (Lipinski definition) is 0. The van der Waals surface area contributed by atoms with Gasteiger partial charge in [-0.15, -0.1) is 0 Å². The van der Waals surface area contributed by atoms with Crippen molar-refractivity contribution in [2.24, 2.45) is 0 Å². The summed E-state index contributed by atoms with van der Waals surface area (Å²) < 4.78 is 88.9. The van der Waals surface area contributed by atoms with Crippen molar-refractivity contribution in [2.45, 2.75) is 83.1 Å². The van der Waals surface area contributed by atoms with Crippen molar-refractivity contribution in [1.82, 2.24) is 0 Å². The third-order valence-electron chi connectivity index (χ3n) is 8.76. The third kappa shape index (κ3) is 16.3. The van der Waals surface area contributed by atoms with Crippen molar-refractivity contribution in [3.05, 3.63) is 205 Å². The second kappa shape index (κ2) is 25.3. The lowest BCUT2D eigenvalue weighted by Gasteiger charge is -2.04. The molecule has 0 aromatic heterocycles. The van der Waals surface area contributed by atoms with Gasteiger partial charge in [-0.25, -0.2) is 30.7 Å². The van der Waals surface area contributed by atoms with Gasteiger partial charge >= 0.3 is 0 Å². The van der Waals surface area contributed by atoms with Gasteiger partial charge in [0.15, 0.2) is 23.3 Å². The highest BCUT2D eigenvalue weighted by Gasteiger charge is 2.19. The number of rotatable bonds is 0. The van der Waals surface area contributed by atoms with Crippen LogP contribution in [0.2, 0.25) is 25.1 Å². The molecule has 12 heteroatoms. The van der Waals surface area contributed by atoms with E-state index in [0.29, 0.717) is 26.7 Å². The molecule has 0 nitrogen and oxygen atoms in total. The maximum absolute atomic E-state index is 12.9. The molecule has 0 atom stereocenters. The molecule has 0 aliphatic rings. The average Bonchev–Trinajstić information content (AvgIpc) is 3.21. The molecular weight excluding hydrogens is 887 g/mol. The lowest BCUT2D eigenvalue weighted by molar-refractivity contribution is 0.436. The summed E-state index contributed by atoms with van der Waals surface area (Å²) in [5.41, 5.74) is 7.58. The Morgan fingerprint density at radius 2 is 0.550 bits per heavy atom. The van der Waals surface area contributed by atoms with Crippen LogP contribution in [-0.2, 0) is 0 Å². The predicted molar refractivity (Wildman–Crippen MR) is 240 cm³/mol. The molecule has 0 N–H and O–H groups in total. The second-order valence-electron chi connectivity index (χ2n) is 14.0. The molecule has 0 bridgehead atoms. The summed E-state index contributed by atoms with van der Waals surface area (Å²) >= 11 is 28.7. The second-order valence-corrected chi connectivity index (χ2v) is 15.9. The Balaban J connectivity index is 0.000000361. The van der Waals surface area contributed by atoms with E-state index in [4.69, 9.17) is 58.0 Å². The fourth-order valence-electron chi connectivity index (χ4n) is 4.47. The third-order valence-corrected chi connectivity index (χ3v) is 11.2. The minimum Gasteiger partial charge on any atom is -0.207 e. The van der Waals surface area contributed by atoms with Crippen LogP contribution in [0.4, 0.5) is 30.7 Å². The summed E-state index contributed by atoms with van der Waals surface area (Å²) in [7, 11) is 0. The zero-order valence-corrected chi connectivity index (χ0v) is 39.2. The summed E-state index contributed by atoms with van der Waals surface area (Å²) in [6.07, 6.45) is 0. The van der Waals surface area contributed by atoms with Crippen LogP contribution in [0.1, 0.15) is 66.8 Å². The first-order chi connectivity index (χ1) is 27.7. The van der Waals surface area contributed by atoms with Crippen molar-refractivity contribution >= 4 is 58.0 Å². The lowest BCUT2D eigenvalue weighted by atomic mass is 10.1. The topological polar surface area (TPSA) is 0 Å².